The van der Waals surface area contributed by atoms with Crippen LogP contribution in [0.3, 0.4) is 0 Å². The molecule has 1 heterocycles. The quantitative estimate of drug-likeness (QED) is 0.856. The normalized spacial score (nSPS) is 19.3. The van der Waals surface area contributed by atoms with Crippen LogP contribution >= 0.6 is 11.3 Å². The van der Waals surface area contributed by atoms with E-state index in [1.165, 1.54) is 28.6 Å². The maximum Gasteiger partial charge on any atom is 0.130 e. The maximum absolute atomic E-state index is 14.2. The summed E-state index contributed by atoms with van der Waals surface area (Å²) in [6, 6.07) is 5.94. The minimum absolute atomic E-state index is 0.145. The summed E-state index contributed by atoms with van der Waals surface area (Å²) in [5, 5.41) is 5.39. The third-order valence-corrected chi connectivity index (χ3v) is 5.23. The van der Waals surface area contributed by atoms with E-state index in [1.807, 2.05) is 6.92 Å². The zero-order valence-electron chi connectivity index (χ0n) is 12.0. The molecule has 0 bridgehead atoms. The maximum atomic E-state index is 14.2. The summed E-state index contributed by atoms with van der Waals surface area (Å²) in [6.07, 6.45) is 3.13. The van der Waals surface area contributed by atoms with Crippen LogP contribution in [0.2, 0.25) is 0 Å². The number of likely N-dealkylation sites (N-methyl/N-ethyl adjacent to an activating group) is 1. The van der Waals surface area contributed by atoms with Crippen LogP contribution in [0.1, 0.15) is 47.7 Å². The Kier molecular flexibility index (Phi) is 4.36. The van der Waals surface area contributed by atoms with Crippen molar-refractivity contribution in [3.8, 4) is 0 Å². The highest BCUT2D eigenvalue weighted by Crippen LogP contribution is 2.43. The smallest absolute Gasteiger partial charge is 0.130 e. The van der Waals surface area contributed by atoms with Crippen molar-refractivity contribution in [1.29, 1.82) is 0 Å². The lowest BCUT2D eigenvalue weighted by molar-refractivity contribution is 0.384. The van der Waals surface area contributed by atoms with Gasteiger partial charge < -0.3 is 5.32 Å². The number of benzene rings is 1. The Balaban J connectivity index is 2.04. The van der Waals surface area contributed by atoms with Crippen molar-refractivity contribution in [3.05, 3.63) is 57.3 Å². The molecule has 2 atom stereocenters. The summed E-state index contributed by atoms with van der Waals surface area (Å²) in [6.45, 7) is 2.66. The van der Waals surface area contributed by atoms with Gasteiger partial charge in [0.05, 0.1) is 0 Å². The van der Waals surface area contributed by atoms with Gasteiger partial charge in [-0.15, -0.1) is 11.3 Å². The second-order valence-electron chi connectivity index (χ2n) is 5.47. The van der Waals surface area contributed by atoms with E-state index in [2.05, 4.69) is 16.8 Å². The third kappa shape index (κ3) is 2.74. The van der Waals surface area contributed by atoms with Crippen LogP contribution in [-0.4, -0.2) is 6.54 Å². The highest BCUT2D eigenvalue weighted by Gasteiger charge is 2.32. The van der Waals surface area contributed by atoms with E-state index in [9.17, 15) is 8.78 Å². The molecule has 0 radical (unpaired) electrons. The second kappa shape index (κ2) is 6.24. The number of nitrogens with one attached hydrogen (secondary N) is 1. The van der Waals surface area contributed by atoms with Crippen LogP contribution < -0.4 is 5.32 Å². The molecular formula is C17H19F2NS. The Morgan fingerprint density at radius 3 is 2.76 bits per heavy atom. The van der Waals surface area contributed by atoms with Crippen LogP contribution in [-0.2, 0) is 6.42 Å². The topological polar surface area (TPSA) is 12.0 Å². The van der Waals surface area contributed by atoms with Gasteiger partial charge in [0, 0.05) is 22.4 Å². The fraction of sp³-hybridized carbons (Fsp3) is 0.412. The lowest BCUT2D eigenvalue weighted by Gasteiger charge is -2.32. The standard InChI is InChI=1S/C17H19F2NS/c1-2-20-17(16-13(18)6-4-7-14(16)19)12-5-3-8-15-11(12)9-10-21-15/h4,6-7,9-10,12,17,20H,2-3,5,8H2,1H3. The van der Waals surface area contributed by atoms with Crippen molar-refractivity contribution in [1.82, 2.24) is 5.32 Å². The summed E-state index contributed by atoms with van der Waals surface area (Å²) in [7, 11) is 0. The van der Waals surface area contributed by atoms with Crippen LogP contribution in [0.25, 0.3) is 0 Å². The summed E-state index contributed by atoms with van der Waals surface area (Å²) in [5.41, 5.74) is 1.45. The zero-order valence-corrected chi connectivity index (χ0v) is 12.9. The first-order valence-electron chi connectivity index (χ1n) is 7.46. The molecule has 0 spiro atoms. The number of hydrogen-bond acceptors (Lipinski definition) is 2. The van der Waals surface area contributed by atoms with Gasteiger partial charge in [-0.05, 0) is 54.9 Å². The minimum Gasteiger partial charge on any atom is -0.310 e. The van der Waals surface area contributed by atoms with Crippen LogP contribution in [0.15, 0.2) is 29.6 Å². The third-order valence-electron chi connectivity index (χ3n) is 4.24. The van der Waals surface area contributed by atoms with Crippen molar-refractivity contribution in [2.75, 3.05) is 6.54 Å². The van der Waals surface area contributed by atoms with Gasteiger partial charge in [0.25, 0.3) is 0 Å². The first-order chi connectivity index (χ1) is 10.2. The Bertz CT molecular complexity index is 603. The number of aryl methyl sites for hydroxylation is 1. The van der Waals surface area contributed by atoms with Gasteiger partial charge in [-0.3, -0.25) is 0 Å². The van der Waals surface area contributed by atoms with E-state index < -0.39 is 11.6 Å². The lowest BCUT2D eigenvalue weighted by Crippen LogP contribution is -2.30. The number of thiophene rings is 1. The zero-order chi connectivity index (χ0) is 14.8. The van der Waals surface area contributed by atoms with Gasteiger partial charge in [0.15, 0.2) is 0 Å². The molecule has 1 aromatic carbocycles. The van der Waals surface area contributed by atoms with Crippen molar-refractivity contribution in [2.24, 2.45) is 0 Å². The fourth-order valence-corrected chi connectivity index (χ4v) is 4.34. The van der Waals surface area contributed by atoms with Gasteiger partial charge in [-0.2, -0.15) is 0 Å². The first-order valence-corrected chi connectivity index (χ1v) is 8.34. The highest BCUT2D eigenvalue weighted by atomic mass is 32.1. The summed E-state index contributed by atoms with van der Waals surface area (Å²) >= 11 is 1.75. The molecule has 1 nitrogen and oxygen atoms in total. The van der Waals surface area contributed by atoms with E-state index in [0.29, 0.717) is 6.54 Å². The molecule has 1 N–H and O–H groups in total. The average molecular weight is 307 g/mol. The van der Waals surface area contributed by atoms with Gasteiger partial charge >= 0.3 is 0 Å². The molecule has 1 aliphatic rings. The van der Waals surface area contributed by atoms with E-state index in [-0.39, 0.29) is 17.5 Å². The number of rotatable bonds is 4. The van der Waals surface area contributed by atoms with Crippen molar-refractivity contribution in [3.63, 3.8) is 0 Å². The molecule has 4 heteroatoms. The van der Waals surface area contributed by atoms with Crippen molar-refractivity contribution >= 4 is 11.3 Å². The molecule has 112 valence electrons. The fourth-order valence-electron chi connectivity index (χ4n) is 3.34. The highest BCUT2D eigenvalue weighted by molar-refractivity contribution is 7.10. The summed E-state index contributed by atoms with van der Waals surface area (Å²) < 4.78 is 28.4. The molecule has 0 aliphatic heterocycles. The Morgan fingerprint density at radius 2 is 2.05 bits per heavy atom. The molecule has 2 unspecified atom stereocenters. The number of halogens is 2. The SMILES string of the molecule is CCNC(c1c(F)cccc1F)C1CCCc2sccc21. The van der Waals surface area contributed by atoms with Crippen LogP contribution in [0, 0.1) is 11.6 Å². The van der Waals surface area contributed by atoms with Gasteiger partial charge in [0.1, 0.15) is 11.6 Å². The molecule has 0 saturated carbocycles. The average Bonchev–Trinajstić information content (AvgIpc) is 2.94. The first kappa shape index (κ1) is 14.7. The molecule has 1 aliphatic carbocycles. The molecule has 21 heavy (non-hydrogen) atoms. The molecule has 2 aromatic rings. The molecule has 0 fully saturated rings. The largest absolute Gasteiger partial charge is 0.310 e. The van der Waals surface area contributed by atoms with E-state index in [0.717, 1.165) is 19.3 Å². The molecule has 0 amide bonds. The van der Waals surface area contributed by atoms with Crippen molar-refractivity contribution < 1.29 is 8.78 Å². The monoisotopic (exact) mass is 307 g/mol. The van der Waals surface area contributed by atoms with Gasteiger partial charge in [-0.1, -0.05) is 13.0 Å². The molecule has 1 aromatic heterocycles. The number of hydrogen-bond donors (Lipinski definition) is 1. The second-order valence-corrected chi connectivity index (χ2v) is 6.47. The van der Waals surface area contributed by atoms with E-state index in [4.69, 9.17) is 0 Å². The molecule has 3 rings (SSSR count). The Morgan fingerprint density at radius 1 is 1.29 bits per heavy atom. The number of fused-ring (bicyclic) bond motifs is 1. The Labute approximate surface area is 128 Å². The van der Waals surface area contributed by atoms with Crippen LogP contribution in [0.4, 0.5) is 8.78 Å². The van der Waals surface area contributed by atoms with E-state index >= 15 is 0 Å². The van der Waals surface area contributed by atoms with Crippen molar-refractivity contribution in [2.45, 2.75) is 38.1 Å². The van der Waals surface area contributed by atoms with E-state index in [1.54, 1.807) is 11.3 Å². The predicted octanol–water partition coefficient (Wildman–Crippen LogP) is 4.80. The summed E-state index contributed by atoms with van der Waals surface area (Å²) in [5.74, 6) is -0.766. The summed E-state index contributed by atoms with van der Waals surface area (Å²) in [4.78, 5) is 1.37. The minimum atomic E-state index is -0.455. The molecule has 0 saturated heterocycles. The molecular weight excluding hydrogens is 288 g/mol. The predicted molar refractivity (Wildman–Crippen MR) is 82.8 cm³/mol. The van der Waals surface area contributed by atoms with Gasteiger partial charge in [0.2, 0.25) is 0 Å². The lowest BCUT2D eigenvalue weighted by atomic mass is 9.79. The van der Waals surface area contributed by atoms with Gasteiger partial charge in [-0.25, -0.2) is 8.78 Å². The Hall–Kier alpha value is -1.26. The van der Waals surface area contributed by atoms with Crippen LogP contribution in [0.5, 0.6) is 0 Å².